The molecule has 0 aliphatic heterocycles. The molecule has 0 aliphatic rings. The van der Waals surface area contributed by atoms with Gasteiger partial charge < -0.3 is 9.73 Å². The van der Waals surface area contributed by atoms with Crippen molar-refractivity contribution in [3.63, 3.8) is 0 Å². The van der Waals surface area contributed by atoms with Gasteiger partial charge in [-0.05, 0) is 41.6 Å². The zero-order valence-electron chi connectivity index (χ0n) is 11.8. The Morgan fingerprint density at radius 2 is 1.89 bits per heavy atom. The van der Waals surface area contributed by atoms with Crippen molar-refractivity contribution in [2.24, 2.45) is 0 Å². The molecular formula is C14H18IN3O. The molecule has 0 saturated carbocycles. The molecule has 0 saturated heterocycles. The van der Waals surface area contributed by atoms with E-state index in [2.05, 4.69) is 58.6 Å². The molecule has 2 rings (SSSR count). The summed E-state index contributed by atoms with van der Waals surface area (Å²) in [5.74, 6) is 3.03. The third kappa shape index (κ3) is 2.91. The highest BCUT2D eigenvalue weighted by Gasteiger charge is 2.23. The largest absolute Gasteiger partial charge is 0.458 e. The Kier molecular flexibility index (Phi) is 3.85. The van der Waals surface area contributed by atoms with E-state index in [1.165, 1.54) is 0 Å². The van der Waals surface area contributed by atoms with E-state index >= 15 is 0 Å². The molecule has 19 heavy (non-hydrogen) atoms. The minimum atomic E-state index is -0.0402. The van der Waals surface area contributed by atoms with Gasteiger partial charge in [0.1, 0.15) is 11.6 Å². The molecule has 0 bridgehead atoms. The van der Waals surface area contributed by atoms with Crippen molar-refractivity contribution in [1.82, 2.24) is 9.97 Å². The number of halogens is 1. The first kappa shape index (κ1) is 14.3. The lowest BCUT2D eigenvalue weighted by molar-refractivity contribution is 0.537. The minimum absolute atomic E-state index is 0.0402. The van der Waals surface area contributed by atoms with Crippen LogP contribution >= 0.6 is 22.6 Å². The van der Waals surface area contributed by atoms with Crippen LogP contribution in [0, 0.1) is 10.5 Å². The molecule has 2 heterocycles. The minimum Gasteiger partial charge on any atom is -0.458 e. The van der Waals surface area contributed by atoms with Gasteiger partial charge in [-0.25, -0.2) is 9.97 Å². The van der Waals surface area contributed by atoms with E-state index in [0.29, 0.717) is 11.6 Å². The first-order chi connectivity index (χ1) is 8.82. The Morgan fingerprint density at radius 1 is 1.21 bits per heavy atom. The maximum atomic E-state index is 5.62. The molecule has 1 N–H and O–H groups in total. The highest BCUT2D eigenvalue weighted by atomic mass is 127. The summed E-state index contributed by atoms with van der Waals surface area (Å²) < 4.78 is 6.68. The van der Waals surface area contributed by atoms with E-state index in [4.69, 9.17) is 4.42 Å². The summed E-state index contributed by atoms with van der Waals surface area (Å²) in [5, 5.41) is 3.12. The number of nitrogens with zero attached hydrogens (tertiary/aromatic N) is 2. The molecule has 4 nitrogen and oxygen atoms in total. The monoisotopic (exact) mass is 371 g/mol. The van der Waals surface area contributed by atoms with Gasteiger partial charge in [0, 0.05) is 12.5 Å². The van der Waals surface area contributed by atoms with Crippen molar-refractivity contribution < 1.29 is 4.42 Å². The van der Waals surface area contributed by atoms with Crippen molar-refractivity contribution in [2.45, 2.75) is 33.1 Å². The Labute approximate surface area is 127 Å². The van der Waals surface area contributed by atoms with Crippen LogP contribution in [0.5, 0.6) is 0 Å². The van der Waals surface area contributed by atoms with Crippen molar-refractivity contribution in [3.05, 3.63) is 27.2 Å². The normalized spacial score (nSPS) is 11.7. The Morgan fingerprint density at radius 3 is 2.37 bits per heavy atom. The first-order valence-electron chi connectivity index (χ1n) is 6.15. The maximum absolute atomic E-state index is 5.62. The van der Waals surface area contributed by atoms with Gasteiger partial charge in [0.25, 0.3) is 0 Å². The van der Waals surface area contributed by atoms with Crippen LogP contribution in [0.15, 0.2) is 16.5 Å². The Balaban J connectivity index is 2.64. The number of hydrogen-bond acceptors (Lipinski definition) is 4. The van der Waals surface area contributed by atoms with Crippen LogP contribution in [0.3, 0.4) is 0 Å². The third-order valence-electron chi connectivity index (χ3n) is 2.76. The van der Waals surface area contributed by atoms with Crippen LogP contribution in [-0.2, 0) is 5.41 Å². The van der Waals surface area contributed by atoms with Crippen LogP contribution in [0.25, 0.3) is 11.6 Å². The van der Waals surface area contributed by atoms with Crippen molar-refractivity contribution >= 4 is 28.4 Å². The Bertz CT molecular complexity index is 599. The SMILES string of the molecule is CNc1nc(-c2ccc(C)o2)nc(C(C)(C)C)c1I. The number of rotatable bonds is 2. The van der Waals surface area contributed by atoms with E-state index in [-0.39, 0.29) is 5.41 Å². The van der Waals surface area contributed by atoms with E-state index in [1.807, 2.05) is 26.1 Å². The van der Waals surface area contributed by atoms with Crippen LogP contribution < -0.4 is 5.32 Å². The molecule has 0 atom stereocenters. The Hall–Kier alpha value is -1.11. The maximum Gasteiger partial charge on any atom is 0.197 e. The van der Waals surface area contributed by atoms with E-state index < -0.39 is 0 Å². The van der Waals surface area contributed by atoms with Crippen molar-refractivity contribution in [2.75, 3.05) is 12.4 Å². The average molecular weight is 371 g/mol. The van der Waals surface area contributed by atoms with Crippen LogP contribution in [0.1, 0.15) is 32.2 Å². The molecule has 0 aromatic carbocycles. The first-order valence-corrected chi connectivity index (χ1v) is 7.23. The third-order valence-corrected chi connectivity index (χ3v) is 3.78. The van der Waals surface area contributed by atoms with Gasteiger partial charge in [0.2, 0.25) is 0 Å². The topological polar surface area (TPSA) is 51.0 Å². The van der Waals surface area contributed by atoms with Gasteiger partial charge in [0.05, 0.1) is 9.26 Å². The van der Waals surface area contributed by atoms with E-state index in [9.17, 15) is 0 Å². The van der Waals surface area contributed by atoms with Gasteiger partial charge in [-0.2, -0.15) is 0 Å². The summed E-state index contributed by atoms with van der Waals surface area (Å²) in [6.07, 6.45) is 0. The number of aromatic nitrogens is 2. The second-order valence-corrected chi connectivity index (χ2v) is 6.55. The molecule has 5 heteroatoms. The predicted octanol–water partition coefficient (Wildman–Crippen LogP) is 3.99. The highest BCUT2D eigenvalue weighted by molar-refractivity contribution is 14.1. The molecule has 102 valence electrons. The predicted molar refractivity (Wildman–Crippen MR) is 85.4 cm³/mol. The number of hydrogen-bond donors (Lipinski definition) is 1. The number of furan rings is 1. The molecule has 0 amide bonds. The van der Waals surface area contributed by atoms with Crippen LogP contribution in [-0.4, -0.2) is 17.0 Å². The van der Waals surface area contributed by atoms with E-state index in [0.717, 1.165) is 20.8 Å². The summed E-state index contributed by atoms with van der Waals surface area (Å²) in [7, 11) is 1.87. The lowest BCUT2D eigenvalue weighted by atomic mass is 9.92. The fraction of sp³-hybridized carbons (Fsp3) is 0.429. The summed E-state index contributed by atoms with van der Waals surface area (Å²) in [5.41, 5.74) is 0.984. The quantitative estimate of drug-likeness (QED) is 0.812. The van der Waals surface area contributed by atoms with Crippen LogP contribution in [0.2, 0.25) is 0 Å². The van der Waals surface area contributed by atoms with Gasteiger partial charge in [-0.1, -0.05) is 20.8 Å². The standard InChI is InChI=1S/C14H18IN3O/c1-8-6-7-9(19-8)12-17-11(14(2,3)4)10(15)13(16-5)18-12/h6-7H,1-5H3,(H,16,17,18). The number of anilines is 1. The summed E-state index contributed by atoms with van der Waals surface area (Å²) in [6, 6.07) is 3.83. The van der Waals surface area contributed by atoms with Gasteiger partial charge in [-0.15, -0.1) is 0 Å². The molecule has 0 radical (unpaired) electrons. The second-order valence-electron chi connectivity index (χ2n) is 5.47. The summed E-state index contributed by atoms with van der Waals surface area (Å²) >= 11 is 2.29. The summed E-state index contributed by atoms with van der Waals surface area (Å²) in [4.78, 5) is 9.21. The highest BCUT2D eigenvalue weighted by Crippen LogP contribution is 2.31. The van der Waals surface area contributed by atoms with Gasteiger partial charge in [-0.3, -0.25) is 0 Å². The molecule has 0 spiro atoms. The van der Waals surface area contributed by atoms with Gasteiger partial charge in [0.15, 0.2) is 11.6 Å². The second kappa shape index (κ2) is 5.11. The molecule has 2 aromatic rings. The zero-order valence-corrected chi connectivity index (χ0v) is 14.0. The zero-order chi connectivity index (χ0) is 14.2. The lowest BCUT2D eigenvalue weighted by Crippen LogP contribution is -2.18. The number of nitrogens with one attached hydrogen (secondary N) is 1. The van der Waals surface area contributed by atoms with Gasteiger partial charge >= 0.3 is 0 Å². The van der Waals surface area contributed by atoms with Crippen molar-refractivity contribution in [1.29, 1.82) is 0 Å². The number of aryl methyl sites for hydroxylation is 1. The molecule has 0 fully saturated rings. The van der Waals surface area contributed by atoms with Crippen LogP contribution in [0.4, 0.5) is 5.82 Å². The molecular weight excluding hydrogens is 353 g/mol. The summed E-state index contributed by atoms with van der Waals surface area (Å²) in [6.45, 7) is 8.36. The fourth-order valence-corrected chi connectivity index (χ4v) is 3.09. The lowest BCUT2D eigenvalue weighted by Gasteiger charge is -2.21. The van der Waals surface area contributed by atoms with E-state index in [1.54, 1.807) is 0 Å². The molecule has 0 unspecified atom stereocenters. The fourth-order valence-electron chi connectivity index (χ4n) is 1.77. The van der Waals surface area contributed by atoms with Crippen molar-refractivity contribution in [3.8, 4) is 11.6 Å². The average Bonchev–Trinajstić information content (AvgIpc) is 2.74. The molecule has 2 aromatic heterocycles. The smallest absolute Gasteiger partial charge is 0.197 e. The molecule has 0 aliphatic carbocycles.